The van der Waals surface area contributed by atoms with E-state index in [9.17, 15) is 9.18 Å². The Morgan fingerprint density at radius 2 is 2.16 bits per heavy atom. The van der Waals surface area contributed by atoms with Gasteiger partial charge in [-0.25, -0.2) is 4.39 Å². The Morgan fingerprint density at radius 3 is 2.84 bits per heavy atom. The quantitative estimate of drug-likeness (QED) is 0.762. The standard InChI is InChI=1S/C14H18FNO3/c1-18-13-4-2-3-11(15)14(13)12(17)5-6-16-7-9-19-10-8-16/h2-4H,5-10H2,1H3. The number of benzene rings is 1. The summed E-state index contributed by atoms with van der Waals surface area (Å²) in [5.74, 6) is -0.445. The second-order valence-corrected chi connectivity index (χ2v) is 4.44. The zero-order valence-corrected chi connectivity index (χ0v) is 11.0. The average Bonchev–Trinajstić information content (AvgIpc) is 2.45. The maximum absolute atomic E-state index is 13.7. The molecule has 1 aliphatic rings. The van der Waals surface area contributed by atoms with Gasteiger partial charge < -0.3 is 9.47 Å². The number of hydrogen-bond donors (Lipinski definition) is 0. The Labute approximate surface area is 112 Å². The van der Waals surface area contributed by atoms with E-state index in [1.807, 2.05) is 0 Å². The van der Waals surface area contributed by atoms with Crippen molar-refractivity contribution in [3.8, 4) is 5.75 Å². The van der Waals surface area contributed by atoms with Gasteiger partial charge in [0.2, 0.25) is 0 Å². The summed E-state index contributed by atoms with van der Waals surface area (Å²) in [7, 11) is 1.44. The van der Waals surface area contributed by atoms with Crippen LogP contribution < -0.4 is 4.74 Å². The molecule has 1 aliphatic heterocycles. The molecule has 0 saturated carbocycles. The van der Waals surface area contributed by atoms with Gasteiger partial charge in [-0.3, -0.25) is 9.69 Å². The van der Waals surface area contributed by atoms with Crippen LogP contribution in [0.5, 0.6) is 5.75 Å². The third-order valence-electron chi connectivity index (χ3n) is 3.23. The Kier molecular flexibility index (Phi) is 4.87. The molecule has 0 N–H and O–H groups in total. The molecule has 1 aromatic carbocycles. The van der Waals surface area contributed by atoms with E-state index in [1.165, 1.54) is 19.2 Å². The predicted molar refractivity (Wildman–Crippen MR) is 69.2 cm³/mol. The number of ketones is 1. The van der Waals surface area contributed by atoms with Crippen LogP contribution in [0.3, 0.4) is 0 Å². The molecule has 0 bridgehead atoms. The molecule has 0 amide bonds. The molecule has 1 saturated heterocycles. The van der Waals surface area contributed by atoms with Crippen molar-refractivity contribution in [3.05, 3.63) is 29.6 Å². The van der Waals surface area contributed by atoms with E-state index in [4.69, 9.17) is 9.47 Å². The number of rotatable bonds is 5. The number of nitrogens with zero attached hydrogens (tertiary/aromatic N) is 1. The maximum atomic E-state index is 13.7. The van der Waals surface area contributed by atoms with Crippen LogP contribution in [0.4, 0.5) is 4.39 Å². The van der Waals surface area contributed by atoms with Crippen molar-refractivity contribution in [1.29, 1.82) is 0 Å². The van der Waals surface area contributed by atoms with Crippen LogP contribution >= 0.6 is 0 Å². The van der Waals surface area contributed by atoms with Gasteiger partial charge in [0, 0.05) is 26.1 Å². The summed E-state index contributed by atoms with van der Waals surface area (Å²) in [4.78, 5) is 14.3. The lowest BCUT2D eigenvalue weighted by molar-refractivity contribution is 0.0369. The molecule has 0 spiro atoms. The van der Waals surface area contributed by atoms with Gasteiger partial charge in [0.15, 0.2) is 5.78 Å². The highest BCUT2D eigenvalue weighted by atomic mass is 19.1. The van der Waals surface area contributed by atoms with E-state index in [2.05, 4.69) is 4.90 Å². The molecule has 0 unspecified atom stereocenters. The molecule has 1 heterocycles. The highest BCUT2D eigenvalue weighted by Crippen LogP contribution is 2.22. The van der Waals surface area contributed by atoms with Crippen LogP contribution in [0.25, 0.3) is 0 Å². The third kappa shape index (κ3) is 3.52. The van der Waals surface area contributed by atoms with Crippen LogP contribution in [-0.4, -0.2) is 50.6 Å². The van der Waals surface area contributed by atoms with Crippen LogP contribution in [-0.2, 0) is 4.74 Å². The fourth-order valence-electron chi connectivity index (χ4n) is 2.15. The van der Waals surface area contributed by atoms with Crippen molar-refractivity contribution in [3.63, 3.8) is 0 Å². The minimum atomic E-state index is -0.522. The molecular formula is C14H18FNO3. The summed E-state index contributed by atoms with van der Waals surface area (Å²) < 4.78 is 24.0. The van der Waals surface area contributed by atoms with Gasteiger partial charge in [0.1, 0.15) is 11.6 Å². The number of halogens is 1. The van der Waals surface area contributed by atoms with E-state index in [-0.39, 0.29) is 17.8 Å². The van der Waals surface area contributed by atoms with Gasteiger partial charge in [-0.05, 0) is 12.1 Å². The topological polar surface area (TPSA) is 38.8 Å². The summed E-state index contributed by atoms with van der Waals surface area (Å²) in [6.07, 6.45) is 0.289. The summed E-state index contributed by atoms with van der Waals surface area (Å²) in [6.45, 7) is 3.65. The lowest BCUT2D eigenvalue weighted by Crippen LogP contribution is -2.37. The highest BCUT2D eigenvalue weighted by Gasteiger charge is 2.19. The Morgan fingerprint density at radius 1 is 1.42 bits per heavy atom. The zero-order valence-electron chi connectivity index (χ0n) is 11.0. The number of methoxy groups -OCH3 is 1. The molecule has 1 aromatic rings. The van der Waals surface area contributed by atoms with Crippen molar-refractivity contribution >= 4 is 5.78 Å². The van der Waals surface area contributed by atoms with Crippen molar-refractivity contribution in [2.24, 2.45) is 0 Å². The smallest absolute Gasteiger partial charge is 0.170 e. The molecule has 2 rings (SSSR count). The first-order valence-electron chi connectivity index (χ1n) is 6.38. The van der Waals surface area contributed by atoms with Gasteiger partial charge in [-0.2, -0.15) is 0 Å². The van der Waals surface area contributed by atoms with Crippen LogP contribution in [0.1, 0.15) is 16.8 Å². The second-order valence-electron chi connectivity index (χ2n) is 4.44. The first-order valence-corrected chi connectivity index (χ1v) is 6.38. The lowest BCUT2D eigenvalue weighted by Gasteiger charge is -2.26. The number of morpholine rings is 1. The fourth-order valence-corrected chi connectivity index (χ4v) is 2.15. The molecule has 0 aromatic heterocycles. The van der Waals surface area contributed by atoms with Crippen LogP contribution in [0.2, 0.25) is 0 Å². The predicted octanol–water partition coefficient (Wildman–Crippen LogP) is 1.74. The largest absolute Gasteiger partial charge is 0.496 e. The lowest BCUT2D eigenvalue weighted by atomic mass is 10.1. The molecule has 1 fully saturated rings. The monoisotopic (exact) mass is 267 g/mol. The molecule has 104 valence electrons. The van der Waals surface area contributed by atoms with E-state index in [0.717, 1.165) is 13.1 Å². The van der Waals surface area contributed by atoms with Gasteiger partial charge >= 0.3 is 0 Å². The normalized spacial score (nSPS) is 16.3. The van der Waals surface area contributed by atoms with Crippen molar-refractivity contribution in [2.45, 2.75) is 6.42 Å². The molecule has 0 radical (unpaired) electrons. The Hall–Kier alpha value is -1.46. The second kappa shape index (κ2) is 6.63. The number of carbonyl (C=O) groups is 1. The van der Waals surface area contributed by atoms with Crippen LogP contribution in [0, 0.1) is 5.82 Å². The minimum absolute atomic E-state index is 0.0539. The first kappa shape index (κ1) is 14.0. The number of ether oxygens (including phenoxy) is 2. The SMILES string of the molecule is COc1cccc(F)c1C(=O)CCN1CCOCC1. The molecule has 0 atom stereocenters. The zero-order chi connectivity index (χ0) is 13.7. The summed E-state index contributed by atoms with van der Waals surface area (Å²) in [5.41, 5.74) is 0.0539. The van der Waals surface area contributed by atoms with Gasteiger partial charge in [-0.1, -0.05) is 6.07 Å². The number of hydrogen-bond acceptors (Lipinski definition) is 4. The fraction of sp³-hybridized carbons (Fsp3) is 0.500. The van der Waals surface area contributed by atoms with Gasteiger partial charge in [-0.15, -0.1) is 0 Å². The van der Waals surface area contributed by atoms with Gasteiger partial charge in [0.05, 0.1) is 25.9 Å². The molecule has 4 nitrogen and oxygen atoms in total. The first-order chi connectivity index (χ1) is 9.22. The summed E-state index contributed by atoms with van der Waals surface area (Å²) in [6, 6.07) is 4.42. The summed E-state index contributed by atoms with van der Waals surface area (Å²) >= 11 is 0. The molecule has 5 heteroatoms. The third-order valence-corrected chi connectivity index (χ3v) is 3.23. The Balaban J connectivity index is 1.99. The number of Topliss-reactive ketones (excluding diaryl/α,β-unsaturated/α-hetero) is 1. The van der Waals surface area contributed by atoms with Crippen molar-refractivity contribution in [1.82, 2.24) is 4.90 Å². The molecular weight excluding hydrogens is 249 g/mol. The minimum Gasteiger partial charge on any atom is -0.496 e. The number of carbonyl (C=O) groups excluding carboxylic acids is 1. The van der Waals surface area contributed by atoms with Crippen molar-refractivity contribution in [2.75, 3.05) is 40.0 Å². The molecule has 0 aliphatic carbocycles. The van der Waals surface area contributed by atoms with Crippen molar-refractivity contribution < 1.29 is 18.7 Å². The van der Waals surface area contributed by atoms with E-state index in [0.29, 0.717) is 25.5 Å². The van der Waals surface area contributed by atoms with E-state index < -0.39 is 5.82 Å². The Bertz CT molecular complexity index is 444. The molecule has 19 heavy (non-hydrogen) atoms. The van der Waals surface area contributed by atoms with E-state index in [1.54, 1.807) is 6.07 Å². The highest BCUT2D eigenvalue weighted by molar-refractivity contribution is 5.99. The van der Waals surface area contributed by atoms with Crippen LogP contribution in [0.15, 0.2) is 18.2 Å². The van der Waals surface area contributed by atoms with Gasteiger partial charge in [0.25, 0.3) is 0 Å². The summed E-state index contributed by atoms with van der Waals surface area (Å²) in [5, 5.41) is 0. The van der Waals surface area contributed by atoms with E-state index >= 15 is 0 Å². The maximum Gasteiger partial charge on any atom is 0.170 e. The average molecular weight is 267 g/mol.